The van der Waals surface area contributed by atoms with Crippen molar-refractivity contribution in [1.29, 1.82) is 0 Å². The van der Waals surface area contributed by atoms with E-state index in [2.05, 4.69) is 101 Å². The van der Waals surface area contributed by atoms with Crippen molar-refractivity contribution in [2.75, 3.05) is 96.2 Å². The first-order valence-electron chi connectivity index (χ1n) is 21.9. The minimum atomic E-state index is -0.283. The summed E-state index contributed by atoms with van der Waals surface area (Å²) in [4.78, 5) is 44.6. The van der Waals surface area contributed by atoms with Gasteiger partial charge in [-0.1, -0.05) is 44.3 Å². The molecule has 0 radical (unpaired) electrons. The summed E-state index contributed by atoms with van der Waals surface area (Å²) in [5.74, 6) is 1.83. The van der Waals surface area contributed by atoms with Gasteiger partial charge in [-0.3, -0.25) is 9.59 Å². The van der Waals surface area contributed by atoms with Crippen LogP contribution in [0.3, 0.4) is 0 Å². The van der Waals surface area contributed by atoms with Gasteiger partial charge in [0.25, 0.3) is 0 Å². The van der Waals surface area contributed by atoms with Crippen molar-refractivity contribution in [3.8, 4) is 11.5 Å². The predicted octanol–water partition coefficient (Wildman–Crippen LogP) is 9.15. The molecule has 354 valence electrons. The fourth-order valence-electron chi connectivity index (χ4n) is 7.47. The summed E-state index contributed by atoms with van der Waals surface area (Å²) in [6, 6.07) is 26.8. The number of nitrogens with one attached hydrogen (secondary N) is 5. The molecule has 6 aromatic rings. The van der Waals surface area contributed by atoms with Gasteiger partial charge in [-0.25, -0.2) is 9.97 Å². The van der Waals surface area contributed by atoms with E-state index in [0.29, 0.717) is 46.1 Å². The van der Waals surface area contributed by atoms with E-state index in [4.69, 9.17) is 31.5 Å². The quantitative estimate of drug-likeness (QED) is 0.0287. The number of nitrogens with two attached hydrogens (primary N) is 1. The maximum Gasteiger partial charge on any atom is 0.247 e. The number of aromatic nitrogens is 4. The number of rotatable bonds is 17. The second kappa shape index (κ2) is 24.6. The molecule has 0 bridgehead atoms. The maximum atomic E-state index is 11.6. The smallest absolute Gasteiger partial charge is 0.247 e. The molecule has 2 amide bonds. The summed E-state index contributed by atoms with van der Waals surface area (Å²) in [7, 11) is 4.82. The third-order valence-electron chi connectivity index (χ3n) is 10.7. The van der Waals surface area contributed by atoms with Crippen molar-refractivity contribution in [3.63, 3.8) is 0 Å². The molecular formula is C50H57ClN12O5. The van der Waals surface area contributed by atoms with Crippen LogP contribution in [0.1, 0.15) is 24.5 Å². The Labute approximate surface area is 401 Å². The van der Waals surface area contributed by atoms with Gasteiger partial charge in [-0.05, 0) is 104 Å². The van der Waals surface area contributed by atoms with Crippen molar-refractivity contribution >= 4 is 86.5 Å². The molecular weight excluding hydrogens is 884 g/mol. The molecule has 0 unspecified atom stereocenters. The molecule has 7 N–H and O–H groups in total. The van der Waals surface area contributed by atoms with Gasteiger partial charge in [0.1, 0.15) is 0 Å². The number of nitrogens with zero attached hydrogens (tertiary/aromatic N) is 6. The number of carbonyl (C=O) groups excluding carboxylic acids is 2. The van der Waals surface area contributed by atoms with Crippen LogP contribution in [-0.4, -0.2) is 85.9 Å². The largest absolute Gasteiger partial charge is 0.491 e. The van der Waals surface area contributed by atoms with Gasteiger partial charge in [-0.2, -0.15) is 9.97 Å². The third kappa shape index (κ3) is 13.4. The van der Waals surface area contributed by atoms with Crippen molar-refractivity contribution in [2.24, 2.45) is 0 Å². The van der Waals surface area contributed by atoms with E-state index >= 15 is 0 Å². The van der Waals surface area contributed by atoms with Crippen LogP contribution < -0.4 is 51.6 Å². The minimum Gasteiger partial charge on any atom is -0.491 e. The molecule has 8 rings (SSSR count). The Balaban J connectivity index is 0.000000185. The molecule has 0 aliphatic carbocycles. The van der Waals surface area contributed by atoms with Crippen LogP contribution in [0.5, 0.6) is 11.5 Å². The van der Waals surface area contributed by atoms with E-state index in [9.17, 15) is 9.59 Å². The van der Waals surface area contributed by atoms with Crippen LogP contribution in [0.4, 0.5) is 63.1 Å². The van der Waals surface area contributed by atoms with Crippen LogP contribution in [-0.2, 0) is 27.2 Å². The van der Waals surface area contributed by atoms with Gasteiger partial charge >= 0.3 is 0 Å². The van der Waals surface area contributed by atoms with E-state index in [0.717, 1.165) is 69.1 Å². The third-order valence-corrected chi connectivity index (χ3v) is 10.8. The second-order valence-corrected chi connectivity index (χ2v) is 15.5. The van der Waals surface area contributed by atoms with E-state index < -0.39 is 0 Å². The lowest BCUT2D eigenvalue weighted by Gasteiger charge is -2.19. The summed E-state index contributed by atoms with van der Waals surface area (Å²) < 4.78 is 15.7. The molecule has 2 aliphatic rings. The standard InChI is InChI=1S/C25H28N6O2.C14H13ClN4O2.C11H16N2O/c1-4-13-31-14-12-19-20(10-7-11-21(19)31)29-25-26-16-22(33-3)24(30-25)28-18-9-6-8-17(15-18)27-23(32)5-2;1-3-12(20)17-9-5-4-6-10(7-9)18-13-11(21-2)8-16-14(15)19-13;1-14-8-7-13-6-5-9-10(12)3-2-4-11(9)13/h5-11,15-16H,2,4,12-14H2,1,3H3,(H,27,32)(H2,26,28,29,30);3-8H,1H2,2H3,(H,17,20)(H,16,18,19);2-4H,5-8,12H2,1H3. The Hall–Kier alpha value is -7.89. The molecule has 0 saturated heterocycles. The number of halogens is 1. The van der Waals surface area contributed by atoms with E-state index in [-0.39, 0.29) is 17.1 Å². The molecule has 2 aliphatic heterocycles. The molecule has 4 aromatic carbocycles. The van der Waals surface area contributed by atoms with E-state index in [1.807, 2.05) is 36.4 Å². The monoisotopic (exact) mass is 940 g/mol. The van der Waals surface area contributed by atoms with Crippen molar-refractivity contribution in [2.45, 2.75) is 26.2 Å². The zero-order valence-corrected chi connectivity index (χ0v) is 39.4. The molecule has 0 saturated carbocycles. The fraction of sp³-hybridized carbons (Fsp3) is 0.240. The Morgan fingerprint density at radius 1 is 0.706 bits per heavy atom. The van der Waals surface area contributed by atoms with Gasteiger partial charge in [0, 0.05) is 89.9 Å². The summed E-state index contributed by atoms with van der Waals surface area (Å²) in [6.45, 7) is 13.9. The summed E-state index contributed by atoms with van der Waals surface area (Å²) in [5, 5.41) is 15.2. The van der Waals surface area contributed by atoms with Crippen LogP contribution in [0.15, 0.2) is 123 Å². The van der Waals surface area contributed by atoms with Crippen molar-refractivity contribution < 1.29 is 23.8 Å². The van der Waals surface area contributed by atoms with Gasteiger partial charge < -0.3 is 56.3 Å². The molecule has 18 heteroatoms. The average molecular weight is 942 g/mol. The average Bonchev–Trinajstić information content (AvgIpc) is 3.97. The topological polar surface area (TPSA) is 206 Å². The Morgan fingerprint density at radius 2 is 1.24 bits per heavy atom. The molecule has 4 heterocycles. The van der Waals surface area contributed by atoms with E-state index in [1.165, 1.54) is 48.0 Å². The highest BCUT2D eigenvalue weighted by Crippen LogP contribution is 2.36. The van der Waals surface area contributed by atoms with Gasteiger partial charge in [0.2, 0.25) is 23.0 Å². The predicted molar refractivity (Wildman–Crippen MR) is 274 cm³/mol. The zero-order chi connectivity index (χ0) is 48.4. The van der Waals surface area contributed by atoms with Crippen LogP contribution in [0, 0.1) is 0 Å². The molecule has 2 aromatic heterocycles. The first-order valence-corrected chi connectivity index (χ1v) is 22.3. The second-order valence-electron chi connectivity index (χ2n) is 15.2. The van der Waals surface area contributed by atoms with E-state index in [1.54, 1.807) is 44.7 Å². The number of methoxy groups -OCH3 is 3. The maximum absolute atomic E-state index is 11.6. The number of carbonyl (C=O) groups is 2. The number of nitrogen functional groups attached to an aromatic ring is 1. The SMILES string of the molecule is C=CC(=O)Nc1cccc(Nc2nc(Cl)ncc2OC)c1.C=CC(=O)Nc1cccc(Nc2nc(Nc3cccc4c3CCN4CCC)ncc2OC)c1.COCCN1CCc2c(N)cccc21. The summed E-state index contributed by atoms with van der Waals surface area (Å²) in [6.07, 6.45) is 8.70. The normalized spacial score (nSPS) is 11.9. The summed E-state index contributed by atoms with van der Waals surface area (Å²) >= 11 is 5.77. The van der Waals surface area contributed by atoms with Crippen LogP contribution in [0.25, 0.3) is 0 Å². The highest BCUT2D eigenvalue weighted by molar-refractivity contribution is 6.28. The Kier molecular flexibility index (Phi) is 17.9. The first-order chi connectivity index (χ1) is 33.0. The highest BCUT2D eigenvalue weighted by Gasteiger charge is 2.22. The fourth-order valence-corrected chi connectivity index (χ4v) is 7.60. The molecule has 0 spiro atoms. The van der Waals surface area contributed by atoms with Crippen molar-refractivity contribution in [3.05, 3.63) is 139 Å². The number of hydrogen-bond acceptors (Lipinski definition) is 15. The molecule has 0 fully saturated rings. The van der Waals surface area contributed by atoms with Gasteiger partial charge in [-0.15, -0.1) is 0 Å². The Bertz CT molecular complexity index is 2700. The van der Waals surface area contributed by atoms with Gasteiger partial charge in [0.05, 0.1) is 33.2 Å². The zero-order valence-electron chi connectivity index (χ0n) is 38.6. The number of fused-ring (bicyclic) bond motifs is 2. The van der Waals surface area contributed by atoms with Crippen LogP contribution in [0.2, 0.25) is 5.28 Å². The lowest BCUT2D eigenvalue weighted by molar-refractivity contribution is -0.112. The number of amides is 2. The number of benzene rings is 4. The lowest BCUT2D eigenvalue weighted by Crippen LogP contribution is -2.24. The molecule has 17 nitrogen and oxygen atoms in total. The van der Waals surface area contributed by atoms with Crippen molar-refractivity contribution in [1.82, 2.24) is 19.9 Å². The first kappa shape index (κ1) is 49.5. The highest BCUT2D eigenvalue weighted by atomic mass is 35.5. The molecule has 68 heavy (non-hydrogen) atoms. The molecule has 0 atom stereocenters. The Morgan fingerprint density at radius 3 is 1.82 bits per heavy atom. The van der Waals surface area contributed by atoms with Gasteiger partial charge in [0.15, 0.2) is 23.1 Å². The van der Waals surface area contributed by atoms with Crippen LogP contribution >= 0.6 is 11.6 Å². The summed E-state index contributed by atoms with van der Waals surface area (Å²) in [5.41, 5.74) is 15.7. The number of ether oxygens (including phenoxy) is 3. The lowest BCUT2D eigenvalue weighted by atomic mass is 10.1. The minimum absolute atomic E-state index is 0.106. The number of hydrogen-bond donors (Lipinski definition) is 6. The number of anilines is 11.